The van der Waals surface area contributed by atoms with Crippen LogP contribution in [-0.4, -0.2) is 37.5 Å². The summed E-state index contributed by atoms with van der Waals surface area (Å²) < 4.78 is 15.6. The third-order valence-electron chi connectivity index (χ3n) is 3.60. The summed E-state index contributed by atoms with van der Waals surface area (Å²) in [5, 5.41) is 16.7. The molecule has 0 radical (unpaired) electrons. The first-order valence-electron chi connectivity index (χ1n) is 6.75. The van der Waals surface area contributed by atoms with E-state index in [-0.39, 0.29) is 5.56 Å². The molecule has 0 aliphatic carbocycles. The van der Waals surface area contributed by atoms with Crippen LogP contribution in [0.2, 0.25) is 0 Å². The van der Waals surface area contributed by atoms with Gasteiger partial charge in [0.2, 0.25) is 0 Å². The van der Waals surface area contributed by atoms with Crippen molar-refractivity contribution in [3.8, 4) is 0 Å². The van der Waals surface area contributed by atoms with Crippen LogP contribution in [0.5, 0.6) is 0 Å². The van der Waals surface area contributed by atoms with Gasteiger partial charge in [-0.25, -0.2) is 13.9 Å². The van der Waals surface area contributed by atoms with Gasteiger partial charge in [0.15, 0.2) is 0 Å². The third-order valence-corrected chi connectivity index (χ3v) is 3.60. The minimum Gasteiger partial charge on any atom is -0.478 e. The monoisotopic (exact) mass is 290 g/mol. The summed E-state index contributed by atoms with van der Waals surface area (Å²) in [6.07, 6.45) is 2.69. The smallest absolute Gasteiger partial charge is 0.338 e. The van der Waals surface area contributed by atoms with E-state index in [4.69, 9.17) is 5.11 Å². The zero-order chi connectivity index (χ0) is 14.8. The molecular formula is C14H15FN4O2. The molecule has 21 heavy (non-hydrogen) atoms. The Morgan fingerprint density at radius 2 is 2.24 bits per heavy atom. The molecule has 110 valence electrons. The maximum atomic E-state index is 13.7. The fraction of sp³-hybridized carbons (Fsp3) is 0.357. The molecule has 1 aliphatic rings. The molecule has 1 aromatic carbocycles. The van der Waals surface area contributed by atoms with Crippen LogP contribution in [0.25, 0.3) is 0 Å². The fourth-order valence-corrected chi connectivity index (χ4v) is 2.57. The molecule has 1 aromatic heterocycles. The number of aromatic nitrogens is 3. The summed E-state index contributed by atoms with van der Waals surface area (Å²) in [4.78, 5) is 13.0. The van der Waals surface area contributed by atoms with Gasteiger partial charge in [-0.2, -0.15) is 0 Å². The molecule has 0 amide bonds. The highest BCUT2D eigenvalue weighted by atomic mass is 19.1. The Labute approximate surface area is 120 Å². The summed E-state index contributed by atoms with van der Waals surface area (Å²) in [6.45, 7) is 2.99. The number of halogens is 1. The third kappa shape index (κ3) is 2.92. The quantitative estimate of drug-likeness (QED) is 0.928. The molecule has 0 atom stereocenters. The van der Waals surface area contributed by atoms with Crippen molar-refractivity contribution in [3.63, 3.8) is 0 Å². The van der Waals surface area contributed by atoms with Crippen LogP contribution in [0, 0.1) is 5.82 Å². The molecule has 0 saturated carbocycles. The van der Waals surface area contributed by atoms with Crippen LogP contribution in [0.3, 0.4) is 0 Å². The number of carboxylic acid groups (broad SMARTS) is 1. The van der Waals surface area contributed by atoms with Crippen LogP contribution < -0.4 is 0 Å². The topological polar surface area (TPSA) is 71.2 Å². The van der Waals surface area contributed by atoms with E-state index in [1.165, 1.54) is 12.1 Å². The molecule has 0 spiro atoms. The molecule has 0 fully saturated rings. The molecule has 7 heteroatoms. The van der Waals surface area contributed by atoms with Crippen LogP contribution in [-0.2, 0) is 19.6 Å². The van der Waals surface area contributed by atoms with Crippen molar-refractivity contribution in [3.05, 3.63) is 47.0 Å². The van der Waals surface area contributed by atoms with E-state index >= 15 is 0 Å². The van der Waals surface area contributed by atoms with E-state index < -0.39 is 11.8 Å². The fourth-order valence-electron chi connectivity index (χ4n) is 2.57. The lowest BCUT2D eigenvalue weighted by atomic mass is 10.1. The molecule has 1 N–H and O–H groups in total. The first kappa shape index (κ1) is 13.7. The second-order valence-corrected chi connectivity index (χ2v) is 5.13. The maximum Gasteiger partial charge on any atom is 0.338 e. The van der Waals surface area contributed by atoms with Gasteiger partial charge < -0.3 is 5.11 Å². The van der Waals surface area contributed by atoms with Crippen molar-refractivity contribution in [2.75, 3.05) is 6.54 Å². The van der Waals surface area contributed by atoms with Gasteiger partial charge in [-0.1, -0.05) is 11.3 Å². The number of aromatic carboxylic acids is 1. The standard InChI is InChI=1S/C14H15FN4O2/c15-13-6-10(2-3-12(13)14(20)21)8-18-4-1-5-19-11(9-18)7-16-17-19/h2-3,6-7H,1,4-5,8-9H2,(H,20,21). The number of nitrogens with zero attached hydrogens (tertiary/aromatic N) is 4. The number of benzene rings is 1. The molecular weight excluding hydrogens is 275 g/mol. The van der Waals surface area contributed by atoms with Gasteiger partial charge >= 0.3 is 5.97 Å². The molecule has 0 unspecified atom stereocenters. The second kappa shape index (κ2) is 5.61. The van der Waals surface area contributed by atoms with Gasteiger partial charge in [0.05, 0.1) is 17.5 Å². The Morgan fingerprint density at radius 1 is 1.38 bits per heavy atom. The summed E-state index contributed by atoms with van der Waals surface area (Å²) in [6, 6.07) is 4.27. The van der Waals surface area contributed by atoms with Crippen molar-refractivity contribution in [1.82, 2.24) is 19.9 Å². The van der Waals surface area contributed by atoms with Crippen LogP contribution in [0.4, 0.5) is 4.39 Å². The molecule has 1 aliphatic heterocycles. The van der Waals surface area contributed by atoms with Crippen molar-refractivity contribution >= 4 is 5.97 Å². The zero-order valence-corrected chi connectivity index (χ0v) is 11.4. The van der Waals surface area contributed by atoms with Gasteiger partial charge in [0.25, 0.3) is 0 Å². The summed E-state index contributed by atoms with van der Waals surface area (Å²) >= 11 is 0. The Hall–Kier alpha value is -2.28. The molecule has 3 rings (SSSR count). The molecule has 0 bridgehead atoms. The lowest BCUT2D eigenvalue weighted by Crippen LogP contribution is -2.23. The van der Waals surface area contributed by atoms with Crippen LogP contribution in [0.1, 0.15) is 28.0 Å². The number of hydrogen-bond acceptors (Lipinski definition) is 4. The normalized spacial score (nSPS) is 15.5. The minimum atomic E-state index is -1.25. The average Bonchev–Trinajstić information content (AvgIpc) is 2.77. The van der Waals surface area contributed by atoms with Crippen LogP contribution in [0.15, 0.2) is 24.4 Å². The lowest BCUT2D eigenvalue weighted by molar-refractivity contribution is 0.0692. The van der Waals surface area contributed by atoms with E-state index in [0.29, 0.717) is 13.1 Å². The SMILES string of the molecule is O=C(O)c1ccc(CN2CCCn3nncc3C2)cc1F. The lowest BCUT2D eigenvalue weighted by Gasteiger charge is -2.19. The number of carboxylic acids is 1. The summed E-state index contributed by atoms with van der Waals surface area (Å²) in [7, 11) is 0. The Bertz CT molecular complexity index is 671. The van der Waals surface area contributed by atoms with Crippen molar-refractivity contribution in [1.29, 1.82) is 0 Å². The molecule has 6 nitrogen and oxygen atoms in total. The number of carbonyl (C=O) groups is 1. The second-order valence-electron chi connectivity index (χ2n) is 5.13. The van der Waals surface area contributed by atoms with Gasteiger partial charge in [0.1, 0.15) is 5.82 Å². The van der Waals surface area contributed by atoms with Gasteiger partial charge in [0, 0.05) is 26.2 Å². The van der Waals surface area contributed by atoms with Crippen LogP contribution >= 0.6 is 0 Å². The first-order chi connectivity index (χ1) is 10.1. The number of fused-ring (bicyclic) bond motifs is 1. The highest BCUT2D eigenvalue weighted by Crippen LogP contribution is 2.16. The van der Waals surface area contributed by atoms with Crippen molar-refractivity contribution in [2.24, 2.45) is 0 Å². The highest BCUT2D eigenvalue weighted by Gasteiger charge is 2.17. The average molecular weight is 290 g/mol. The number of aryl methyl sites for hydroxylation is 1. The Kier molecular flexibility index (Phi) is 3.66. The summed E-state index contributed by atoms with van der Waals surface area (Å²) in [5.74, 6) is -1.94. The number of hydrogen-bond donors (Lipinski definition) is 1. The predicted molar refractivity (Wildman–Crippen MR) is 72.1 cm³/mol. The van der Waals surface area contributed by atoms with E-state index in [2.05, 4.69) is 15.2 Å². The van der Waals surface area contributed by atoms with E-state index in [1.54, 1.807) is 12.3 Å². The van der Waals surface area contributed by atoms with Gasteiger partial charge in [-0.3, -0.25) is 4.90 Å². The Morgan fingerprint density at radius 3 is 3.00 bits per heavy atom. The largest absolute Gasteiger partial charge is 0.478 e. The first-order valence-corrected chi connectivity index (χ1v) is 6.75. The highest BCUT2D eigenvalue weighted by molar-refractivity contribution is 5.87. The van der Waals surface area contributed by atoms with E-state index in [9.17, 15) is 9.18 Å². The van der Waals surface area contributed by atoms with Crippen molar-refractivity contribution in [2.45, 2.75) is 26.1 Å². The molecule has 2 heterocycles. The predicted octanol–water partition coefficient (Wildman–Crippen LogP) is 1.52. The van der Waals surface area contributed by atoms with Crippen molar-refractivity contribution < 1.29 is 14.3 Å². The maximum absolute atomic E-state index is 13.7. The van der Waals surface area contributed by atoms with E-state index in [1.807, 2.05) is 4.68 Å². The molecule has 0 saturated heterocycles. The van der Waals surface area contributed by atoms with Gasteiger partial charge in [-0.15, -0.1) is 5.10 Å². The molecule has 2 aromatic rings. The zero-order valence-electron chi connectivity index (χ0n) is 11.4. The van der Waals surface area contributed by atoms with E-state index in [0.717, 1.165) is 30.8 Å². The minimum absolute atomic E-state index is 0.295. The van der Waals surface area contributed by atoms with Gasteiger partial charge in [-0.05, 0) is 24.1 Å². The number of rotatable bonds is 3. The summed E-state index contributed by atoms with van der Waals surface area (Å²) in [5.41, 5.74) is 1.51. The Balaban J connectivity index is 1.75.